The number of benzene rings is 1. The number of nitrogens with two attached hydrogens (primary N) is 1. The molecule has 0 spiro atoms. The van der Waals surface area contributed by atoms with Gasteiger partial charge in [0.05, 0.1) is 0 Å². The van der Waals surface area contributed by atoms with Crippen molar-refractivity contribution in [1.29, 1.82) is 0 Å². The van der Waals surface area contributed by atoms with Gasteiger partial charge in [0.15, 0.2) is 0 Å². The molecule has 0 heterocycles. The van der Waals surface area contributed by atoms with Crippen LogP contribution < -0.4 is 16.2 Å². The maximum atomic E-state index is 5.26. The largest absolute Gasteiger partial charge is 0.377 e. The molecule has 0 aliphatic heterocycles. The number of rotatable bonds is 3. The van der Waals surface area contributed by atoms with Crippen LogP contribution in [0.4, 0.5) is 5.69 Å². The van der Waals surface area contributed by atoms with Gasteiger partial charge in [0, 0.05) is 26.3 Å². The van der Waals surface area contributed by atoms with Gasteiger partial charge in [-0.3, -0.25) is 11.3 Å². The van der Waals surface area contributed by atoms with E-state index in [1.165, 1.54) is 11.3 Å². The second-order valence-corrected chi connectivity index (χ2v) is 2.90. The molecule has 1 rings (SSSR count). The molecular weight excluding hydrogens is 150 g/mol. The molecule has 0 amide bonds. The number of nitrogens with zero attached hydrogens (tertiary/aromatic N) is 1. The number of para-hydroxylation sites is 1. The minimum atomic E-state index is 0.703. The van der Waals surface area contributed by atoms with E-state index in [1.54, 1.807) is 0 Å². The summed E-state index contributed by atoms with van der Waals surface area (Å²) in [5, 5.41) is 0. The maximum absolute atomic E-state index is 5.26. The molecule has 66 valence electrons. The number of hydrogen-bond acceptors (Lipinski definition) is 3. The van der Waals surface area contributed by atoms with E-state index in [1.807, 2.05) is 26.2 Å². The lowest BCUT2D eigenvalue weighted by Gasteiger charge is -2.16. The molecule has 0 saturated heterocycles. The smallest absolute Gasteiger partial charge is 0.0407 e. The molecule has 3 nitrogen and oxygen atoms in total. The molecule has 0 aliphatic rings. The SMILES string of the molecule is CN(C)c1ccccc1CNN. The average molecular weight is 165 g/mol. The van der Waals surface area contributed by atoms with Crippen LogP contribution in [-0.2, 0) is 6.54 Å². The van der Waals surface area contributed by atoms with Gasteiger partial charge in [-0.25, -0.2) is 0 Å². The minimum Gasteiger partial charge on any atom is -0.377 e. The van der Waals surface area contributed by atoms with Gasteiger partial charge in [-0.1, -0.05) is 18.2 Å². The Kier molecular flexibility index (Phi) is 3.08. The van der Waals surface area contributed by atoms with E-state index in [-0.39, 0.29) is 0 Å². The lowest BCUT2D eigenvalue weighted by atomic mass is 10.1. The Morgan fingerprint density at radius 2 is 2.00 bits per heavy atom. The van der Waals surface area contributed by atoms with Gasteiger partial charge < -0.3 is 4.90 Å². The lowest BCUT2D eigenvalue weighted by Crippen LogP contribution is -2.22. The average Bonchev–Trinajstić information content (AvgIpc) is 2.05. The van der Waals surface area contributed by atoms with E-state index in [4.69, 9.17) is 5.84 Å². The molecule has 0 unspecified atom stereocenters. The summed E-state index contributed by atoms with van der Waals surface area (Å²) in [6, 6.07) is 8.18. The molecule has 0 atom stereocenters. The van der Waals surface area contributed by atoms with Crippen LogP contribution in [0.1, 0.15) is 5.56 Å². The lowest BCUT2D eigenvalue weighted by molar-refractivity contribution is 0.740. The second-order valence-electron chi connectivity index (χ2n) is 2.90. The summed E-state index contributed by atoms with van der Waals surface area (Å²) in [6.45, 7) is 0.703. The normalized spacial score (nSPS) is 9.92. The highest BCUT2D eigenvalue weighted by Crippen LogP contribution is 2.16. The fourth-order valence-corrected chi connectivity index (χ4v) is 1.21. The fraction of sp³-hybridized carbons (Fsp3) is 0.333. The van der Waals surface area contributed by atoms with Crippen molar-refractivity contribution in [3.8, 4) is 0 Å². The van der Waals surface area contributed by atoms with E-state index < -0.39 is 0 Å². The third-order valence-corrected chi connectivity index (χ3v) is 1.77. The summed E-state index contributed by atoms with van der Waals surface area (Å²) in [5.41, 5.74) is 5.07. The summed E-state index contributed by atoms with van der Waals surface area (Å²) in [5.74, 6) is 5.26. The number of anilines is 1. The Morgan fingerprint density at radius 1 is 1.33 bits per heavy atom. The summed E-state index contributed by atoms with van der Waals surface area (Å²) >= 11 is 0. The van der Waals surface area contributed by atoms with E-state index in [0.717, 1.165) is 0 Å². The van der Waals surface area contributed by atoms with Crippen molar-refractivity contribution >= 4 is 5.69 Å². The van der Waals surface area contributed by atoms with Gasteiger partial charge in [0.1, 0.15) is 0 Å². The van der Waals surface area contributed by atoms with Crippen LogP contribution >= 0.6 is 0 Å². The van der Waals surface area contributed by atoms with Crippen LogP contribution in [0.2, 0.25) is 0 Å². The highest BCUT2D eigenvalue weighted by molar-refractivity contribution is 5.52. The standard InChI is InChI=1S/C9H15N3/c1-12(2)9-6-4-3-5-8(9)7-11-10/h3-6,11H,7,10H2,1-2H3. The first-order valence-corrected chi connectivity index (χ1v) is 3.94. The number of hydrogen-bond donors (Lipinski definition) is 2. The van der Waals surface area contributed by atoms with E-state index in [0.29, 0.717) is 6.54 Å². The van der Waals surface area contributed by atoms with Gasteiger partial charge in [-0.2, -0.15) is 0 Å². The highest BCUT2D eigenvalue weighted by atomic mass is 15.2. The topological polar surface area (TPSA) is 41.3 Å². The molecule has 12 heavy (non-hydrogen) atoms. The Labute approximate surface area is 73.1 Å². The number of nitrogens with one attached hydrogen (secondary N) is 1. The Balaban J connectivity index is 2.92. The first-order valence-electron chi connectivity index (χ1n) is 3.94. The van der Waals surface area contributed by atoms with Gasteiger partial charge >= 0.3 is 0 Å². The Hall–Kier alpha value is -1.06. The van der Waals surface area contributed by atoms with Crippen LogP contribution in [0, 0.1) is 0 Å². The fourth-order valence-electron chi connectivity index (χ4n) is 1.21. The van der Waals surface area contributed by atoms with Crippen molar-refractivity contribution in [2.24, 2.45) is 5.84 Å². The molecule has 1 aromatic rings. The highest BCUT2D eigenvalue weighted by Gasteiger charge is 2.00. The predicted octanol–water partition coefficient (Wildman–Crippen LogP) is 0.716. The molecule has 3 N–H and O–H groups in total. The van der Waals surface area contributed by atoms with Gasteiger partial charge in [-0.05, 0) is 11.6 Å². The van der Waals surface area contributed by atoms with Gasteiger partial charge in [0.2, 0.25) is 0 Å². The molecule has 3 heteroatoms. The third kappa shape index (κ3) is 1.96. The summed E-state index contributed by atoms with van der Waals surface area (Å²) < 4.78 is 0. The summed E-state index contributed by atoms with van der Waals surface area (Å²) in [6.07, 6.45) is 0. The van der Waals surface area contributed by atoms with Gasteiger partial charge in [0.25, 0.3) is 0 Å². The first kappa shape index (κ1) is 9.03. The quantitative estimate of drug-likeness (QED) is 0.512. The molecule has 1 aromatic carbocycles. The van der Waals surface area contributed by atoms with E-state index in [9.17, 15) is 0 Å². The van der Waals surface area contributed by atoms with Crippen molar-refractivity contribution in [1.82, 2.24) is 5.43 Å². The summed E-state index contributed by atoms with van der Waals surface area (Å²) in [4.78, 5) is 2.08. The third-order valence-electron chi connectivity index (χ3n) is 1.77. The van der Waals surface area contributed by atoms with Crippen molar-refractivity contribution < 1.29 is 0 Å². The summed E-state index contributed by atoms with van der Waals surface area (Å²) in [7, 11) is 4.05. The van der Waals surface area contributed by atoms with Crippen molar-refractivity contribution in [3.63, 3.8) is 0 Å². The van der Waals surface area contributed by atoms with E-state index in [2.05, 4.69) is 22.5 Å². The molecule has 0 saturated carbocycles. The zero-order valence-corrected chi connectivity index (χ0v) is 7.54. The molecule has 0 fully saturated rings. The first-order chi connectivity index (χ1) is 5.75. The molecule has 0 aromatic heterocycles. The Bertz CT molecular complexity index is 245. The predicted molar refractivity (Wildman–Crippen MR) is 51.8 cm³/mol. The van der Waals surface area contributed by atoms with Crippen LogP contribution in [0.5, 0.6) is 0 Å². The molecular formula is C9H15N3. The Morgan fingerprint density at radius 3 is 2.58 bits per heavy atom. The zero-order chi connectivity index (χ0) is 8.97. The molecule has 0 aliphatic carbocycles. The van der Waals surface area contributed by atoms with Crippen molar-refractivity contribution in [2.75, 3.05) is 19.0 Å². The van der Waals surface area contributed by atoms with E-state index >= 15 is 0 Å². The van der Waals surface area contributed by atoms with Gasteiger partial charge in [-0.15, -0.1) is 0 Å². The maximum Gasteiger partial charge on any atom is 0.0407 e. The van der Waals surface area contributed by atoms with Crippen molar-refractivity contribution in [2.45, 2.75) is 6.54 Å². The van der Waals surface area contributed by atoms with Crippen LogP contribution in [0.15, 0.2) is 24.3 Å². The van der Waals surface area contributed by atoms with Crippen LogP contribution in [-0.4, -0.2) is 14.1 Å². The monoisotopic (exact) mass is 165 g/mol. The van der Waals surface area contributed by atoms with Crippen molar-refractivity contribution in [3.05, 3.63) is 29.8 Å². The zero-order valence-electron chi connectivity index (χ0n) is 7.54. The number of hydrazine groups is 1. The molecule has 0 radical (unpaired) electrons. The second kappa shape index (κ2) is 4.09. The molecule has 0 bridgehead atoms. The minimum absolute atomic E-state index is 0.703. The van der Waals surface area contributed by atoms with Crippen LogP contribution in [0.25, 0.3) is 0 Å². The van der Waals surface area contributed by atoms with Crippen LogP contribution in [0.3, 0.4) is 0 Å².